The summed E-state index contributed by atoms with van der Waals surface area (Å²) >= 11 is -1.23. The SMILES string of the molecule is C[C@H]1OC(=O)C2CCCCC(I(C)CCC3CCC(C4CC=CC(C(F)(F)F)C4)N3)C21. The Balaban J connectivity index is 1.28. The topological polar surface area (TPSA) is 38.3 Å². The number of alkyl halides is 6. The fourth-order valence-electron chi connectivity index (χ4n) is 6.40. The number of fused-ring (bicyclic) bond motifs is 1. The second kappa shape index (κ2) is 9.90. The summed E-state index contributed by atoms with van der Waals surface area (Å²) in [5.74, 6) is -0.599. The van der Waals surface area contributed by atoms with Gasteiger partial charge in [0.1, 0.15) is 0 Å². The molecule has 0 aromatic rings. The molecule has 0 amide bonds. The molecule has 0 spiro atoms. The van der Waals surface area contributed by atoms with Crippen LogP contribution in [0.25, 0.3) is 0 Å². The molecule has 2 heterocycles. The van der Waals surface area contributed by atoms with Gasteiger partial charge in [0.25, 0.3) is 0 Å². The zero-order valence-electron chi connectivity index (χ0n) is 18.7. The average molecular weight is 555 g/mol. The van der Waals surface area contributed by atoms with E-state index in [1.807, 2.05) is 0 Å². The van der Waals surface area contributed by atoms with E-state index in [4.69, 9.17) is 4.74 Å². The summed E-state index contributed by atoms with van der Waals surface area (Å²) in [6, 6.07) is 0.669. The van der Waals surface area contributed by atoms with Crippen molar-refractivity contribution in [2.24, 2.45) is 23.7 Å². The van der Waals surface area contributed by atoms with Crippen molar-refractivity contribution in [3.63, 3.8) is 0 Å². The van der Waals surface area contributed by atoms with E-state index in [1.54, 1.807) is 6.08 Å². The van der Waals surface area contributed by atoms with Gasteiger partial charge < -0.3 is 0 Å². The third kappa shape index (κ3) is 5.44. The van der Waals surface area contributed by atoms with Gasteiger partial charge in [0.05, 0.1) is 0 Å². The first-order chi connectivity index (χ1) is 14.7. The Kier molecular flexibility index (Phi) is 7.61. The summed E-state index contributed by atoms with van der Waals surface area (Å²) in [4.78, 5) is 14.8. The molecule has 4 rings (SSSR count). The number of halogens is 4. The maximum atomic E-state index is 13.1. The molecule has 178 valence electrons. The molecule has 7 heteroatoms. The minimum absolute atomic E-state index is 0.0349. The van der Waals surface area contributed by atoms with Crippen molar-refractivity contribution in [3.05, 3.63) is 12.2 Å². The van der Waals surface area contributed by atoms with Crippen LogP contribution in [0.15, 0.2) is 12.2 Å². The Morgan fingerprint density at radius 1 is 1.19 bits per heavy atom. The van der Waals surface area contributed by atoms with Crippen LogP contribution in [-0.4, -0.2) is 43.6 Å². The van der Waals surface area contributed by atoms with Crippen molar-refractivity contribution in [1.82, 2.24) is 5.32 Å². The fourth-order valence-corrected chi connectivity index (χ4v) is 12.9. The van der Waals surface area contributed by atoms with E-state index in [2.05, 4.69) is 17.2 Å². The molecule has 0 aromatic carbocycles. The first kappa shape index (κ1) is 23.8. The third-order valence-corrected chi connectivity index (χ3v) is 14.6. The van der Waals surface area contributed by atoms with Gasteiger partial charge in [0.15, 0.2) is 0 Å². The summed E-state index contributed by atoms with van der Waals surface area (Å²) < 4.78 is 47.0. The number of hydrogen-bond donors (Lipinski definition) is 1. The van der Waals surface area contributed by atoms with Crippen LogP contribution in [0.4, 0.5) is 13.2 Å². The van der Waals surface area contributed by atoms with Gasteiger partial charge in [-0.15, -0.1) is 0 Å². The second-order valence-corrected chi connectivity index (χ2v) is 16.4. The molecular formula is C24H37F3INO2. The standard InChI is InChI=1S/C24H37F3INO2/c1-15-22-19(23(30)31-15)8-3-4-9-20(22)28(2)13-12-18-10-11-21(29-18)16-6-5-7-17(14-16)24(25,26)27/h5,7,15-22,29H,3-4,6,8-14H2,1-2H3/t15-,16?,17?,18?,19?,20?,21?,22?/m1/s1. The fraction of sp³-hybridized carbons (Fsp3) is 0.875. The number of cyclic esters (lactones) is 1. The number of carbonyl (C=O) groups is 1. The molecule has 8 atom stereocenters. The molecule has 31 heavy (non-hydrogen) atoms. The molecule has 3 fully saturated rings. The molecule has 7 unspecified atom stereocenters. The van der Waals surface area contributed by atoms with Crippen molar-refractivity contribution in [2.75, 3.05) is 9.36 Å². The zero-order valence-corrected chi connectivity index (χ0v) is 20.8. The van der Waals surface area contributed by atoms with Crippen LogP contribution in [0.1, 0.15) is 64.7 Å². The van der Waals surface area contributed by atoms with Crippen molar-refractivity contribution in [1.29, 1.82) is 0 Å². The first-order valence-corrected chi connectivity index (χ1v) is 16.9. The van der Waals surface area contributed by atoms with Gasteiger partial charge in [-0.2, -0.15) is 0 Å². The summed E-state index contributed by atoms with van der Waals surface area (Å²) in [6.07, 6.45) is 7.88. The number of ether oxygens (including phenoxy) is 1. The summed E-state index contributed by atoms with van der Waals surface area (Å²) in [6.45, 7) is 2.08. The number of hydrogen-bond acceptors (Lipinski definition) is 3. The van der Waals surface area contributed by atoms with Crippen molar-refractivity contribution in [2.45, 2.75) is 93.0 Å². The Hall–Kier alpha value is -0.310. The quantitative estimate of drug-likeness (QED) is 0.199. The molecule has 0 radical (unpaired) electrons. The van der Waals surface area contributed by atoms with Crippen LogP contribution in [-0.2, 0) is 9.53 Å². The second-order valence-electron chi connectivity index (χ2n) is 10.1. The van der Waals surface area contributed by atoms with Gasteiger partial charge in [-0.1, -0.05) is 0 Å². The predicted molar refractivity (Wildman–Crippen MR) is 126 cm³/mol. The van der Waals surface area contributed by atoms with E-state index in [0.29, 0.717) is 15.9 Å². The molecule has 2 aliphatic heterocycles. The number of esters is 1. The number of rotatable bonds is 5. The summed E-state index contributed by atoms with van der Waals surface area (Å²) in [5.41, 5.74) is 0. The van der Waals surface area contributed by atoms with E-state index < -0.39 is 31.9 Å². The molecule has 3 nitrogen and oxygen atoms in total. The predicted octanol–water partition coefficient (Wildman–Crippen LogP) is 5.90. The summed E-state index contributed by atoms with van der Waals surface area (Å²) in [5, 5.41) is 3.71. The van der Waals surface area contributed by atoms with Crippen LogP contribution in [0.5, 0.6) is 0 Å². The summed E-state index contributed by atoms with van der Waals surface area (Å²) in [7, 11) is 0. The third-order valence-electron chi connectivity index (χ3n) is 8.14. The van der Waals surface area contributed by atoms with Crippen LogP contribution in [0.2, 0.25) is 0 Å². The molecule has 4 aliphatic rings. The van der Waals surface area contributed by atoms with Crippen molar-refractivity contribution >= 4 is 25.8 Å². The maximum absolute atomic E-state index is 13.1. The van der Waals surface area contributed by atoms with E-state index in [0.717, 1.165) is 38.5 Å². The van der Waals surface area contributed by atoms with Crippen LogP contribution >= 0.6 is 19.8 Å². The molecular weight excluding hydrogens is 518 g/mol. The van der Waals surface area contributed by atoms with E-state index in [9.17, 15) is 18.0 Å². The van der Waals surface area contributed by atoms with Gasteiger partial charge in [0, 0.05) is 0 Å². The van der Waals surface area contributed by atoms with Crippen molar-refractivity contribution < 1.29 is 22.7 Å². The van der Waals surface area contributed by atoms with Crippen LogP contribution in [0.3, 0.4) is 0 Å². The number of allylic oxidation sites excluding steroid dienone is 2. The van der Waals surface area contributed by atoms with Gasteiger partial charge >= 0.3 is 192 Å². The molecule has 0 bridgehead atoms. The normalized spacial score (nSPS) is 41.6. The number of carbonyl (C=O) groups excluding carboxylic acids is 1. The van der Waals surface area contributed by atoms with Crippen molar-refractivity contribution in [3.8, 4) is 0 Å². The molecule has 2 saturated heterocycles. The van der Waals surface area contributed by atoms with Gasteiger partial charge in [-0.3, -0.25) is 0 Å². The molecule has 1 saturated carbocycles. The Morgan fingerprint density at radius 3 is 2.74 bits per heavy atom. The molecule has 0 aromatic heterocycles. The number of nitrogens with one attached hydrogen (secondary N) is 1. The molecule has 1 N–H and O–H groups in total. The molecule has 2 aliphatic carbocycles. The Bertz CT molecular complexity index is 670. The monoisotopic (exact) mass is 555 g/mol. The average Bonchev–Trinajstić information content (AvgIpc) is 3.22. The Labute approximate surface area is 191 Å². The van der Waals surface area contributed by atoms with Gasteiger partial charge in [-0.25, -0.2) is 0 Å². The van der Waals surface area contributed by atoms with Gasteiger partial charge in [-0.05, 0) is 0 Å². The van der Waals surface area contributed by atoms with Crippen LogP contribution in [0, 0.1) is 23.7 Å². The zero-order chi connectivity index (χ0) is 22.2. The first-order valence-electron chi connectivity index (χ1n) is 12.0. The minimum atomic E-state index is -4.12. The van der Waals surface area contributed by atoms with Crippen LogP contribution < -0.4 is 5.32 Å². The Morgan fingerprint density at radius 2 is 1.97 bits per heavy atom. The van der Waals surface area contributed by atoms with Gasteiger partial charge in [0.2, 0.25) is 0 Å². The van der Waals surface area contributed by atoms with E-state index in [1.165, 1.54) is 23.3 Å². The van der Waals surface area contributed by atoms with E-state index in [-0.39, 0.29) is 36.4 Å². The van der Waals surface area contributed by atoms with E-state index >= 15 is 0 Å².